The molecule has 1 aromatic heterocycles. The zero-order valence-corrected chi connectivity index (χ0v) is 8.03. The fourth-order valence-electron chi connectivity index (χ4n) is 1.50. The maximum Gasteiger partial charge on any atom is 0.192 e. The third-order valence-electron chi connectivity index (χ3n) is 2.17. The molecule has 0 atom stereocenters. The molecule has 0 radical (unpaired) electrons. The predicted molar refractivity (Wildman–Crippen MR) is 53.8 cm³/mol. The van der Waals surface area contributed by atoms with Gasteiger partial charge in [0.05, 0.1) is 18.8 Å². The first-order valence-corrected chi connectivity index (χ1v) is 4.28. The van der Waals surface area contributed by atoms with Crippen molar-refractivity contribution in [2.24, 2.45) is 0 Å². The lowest BCUT2D eigenvalue weighted by Crippen LogP contribution is -2.00. The minimum absolute atomic E-state index is 0.0218. The molecule has 0 saturated carbocycles. The summed E-state index contributed by atoms with van der Waals surface area (Å²) in [6, 6.07) is 4.95. The Morgan fingerprint density at radius 2 is 2.14 bits per heavy atom. The minimum Gasteiger partial charge on any atom is -0.497 e. The highest BCUT2D eigenvalue weighted by molar-refractivity contribution is 5.81. The first-order chi connectivity index (χ1) is 6.72. The van der Waals surface area contributed by atoms with Gasteiger partial charge >= 0.3 is 0 Å². The van der Waals surface area contributed by atoms with Gasteiger partial charge in [0.2, 0.25) is 0 Å². The predicted octanol–water partition coefficient (Wildman–Crippen LogP) is 2.11. The Balaban J connectivity index is 2.90. The minimum atomic E-state index is -0.0218. The summed E-state index contributed by atoms with van der Waals surface area (Å²) in [6.45, 7) is 1.86. The maximum absolute atomic E-state index is 11.5. The SMILES string of the molecule is COc1cc(C)c2c(=O)ccoc2c1. The van der Waals surface area contributed by atoms with Crippen LogP contribution in [0.5, 0.6) is 5.75 Å². The van der Waals surface area contributed by atoms with Crippen molar-refractivity contribution in [1.29, 1.82) is 0 Å². The molecule has 0 spiro atoms. The highest BCUT2D eigenvalue weighted by atomic mass is 16.5. The Hall–Kier alpha value is -1.77. The molecule has 0 bridgehead atoms. The smallest absolute Gasteiger partial charge is 0.192 e. The van der Waals surface area contributed by atoms with E-state index in [1.165, 1.54) is 12.3 Å². The van der Waals surface area contributed by atoms with Gasteiger partial charge in [-0.2, -0.15) is 0 Å². The topological polar surface area (TPSA) is 39.4 Å². The van der Waals surface area contributed by atoms with Gasteiger partial charge in [0, 0.05) is 12.1 Å². The van der Waals surface area contributed by atoms with Crippen molar-refractivity contribution in [1.82, 2.24) is 0 Å². The van der Waals surface area contributed by atoms with E-state index in [-0.39, 0.29) is 5.43 Å². The molecule has 3 nitrogen and oxygen atoms in total. The molecule has 0 aliphatic heterocycles. The molecule has 0 saturated heterocycles. The van der Waals surface area contributed by atoms with Crippen molar-refractivity contribution < 1.29 is 9.15 Å². The molecular formula is C11H10O3. The summed E-state index contributed by atoms with van der Waals surface area (Å²) in [7, 11) is 1.58. The van der Waals surface area contributed by atoms with Crippen LogP contribution in [0.4, 0.5) is 0 Å². The van der Waals surface area contributed by atoms with Crippen molar-refractivity contribution in [2.45, 2.75) is 6.92 Å². The van der Waals surface area contributed by atoms with Crippen LogP contribution < -0.4 is 10.2 Å². The third-order valence-corrected chi connectivity index (χ3v) is 2.17. The Kier molecular flexibility index (Phi) is 2.00. The molecule has 0 aliphatic carbocycles. The summed E-state index contributed by atoms with van der Waals surface area (Å²) >= 11 is 0. The number of methoxy groups -OCH3 is 1. The molecule has 2 rings (SSSR count). The summed E-state index contributed by atoms with van der Waals surface area (Å²) < 4.78 is 10.3. The number of aryl methyl sites for hydroxylation is 1. The molecule has 2 aromatic rings. The Morgan fingerprint density at radius 1 is 1.36 bits per heavy atom. The van der Waals surface area contributed by atoms with Gasteiger partial charge in [-0.25, -0.2) is 0 Å². The number of fused-ring (bicyclic) bond motifs is 1. The largest absolute Gasteiger partial charge is 0.497 e. The Bertz CT molecular complexity index is 526. The van der Waals surface area contributed by atoms with E-state index >= 15 is 0 Å². The van der Waals surface area contributed by atoms with Crippen molar-refractivity contribution >= 4 is 11.0 Å². The van der Waals surface area contributed by atoms with Gasteiger partial charge in [0.25, 0.3) is 0 Å². The molecule has 0 aliphatic rings. The summed E-state index contributed by atoms with van der Waals surface area (Å²) in [5.74, 6) is 0.698. The van der Waals surface area contributed by atoms with Crippen molar-refractivity contribution in [3.05, 3.63) is 40.2 Å². The van der Waals surface area contributed by atoms with Crippen molar-refractivity contribution in [2.75, 3.05) is 7.11 Å². The van der Waals surface area contributed by atoms with Crippen LogP contribution in [0.25, 0.3) is 11.0 Å². The number of ether oxygens (including phenoxy) is 1. The van der Waals surface area contributed by atoms with E-state index in [4.69, 9.17) is 9.15 Å². The highest BCUT2D eigenvalue weighted by Gasteiger charge is 2.05. The van der Waals surface area contributed by atoms with Crippen LogP contribution in [0.15, 0.2) is 33.7 Å². The van der Waals surface area contributed by atoms with Gasteiger partial charge in [-0.15, -0.1) is 0 Å². The van der Waals surface area contributed by atoms with E-state index in [9.17, 15) is 4.79 Å². The summed E-state index contributed by atoms with van der Waals surface area (Å²) in [5.41, 5.74) is 1.41. The second kappa shape index (κ2) is 3.18. The number of rotatable bonds is 1. The lowest BCUT2D eigenvalue weighted by molar-refractivity contribution is 0.414. The molecule has 72 valence electrons. The molecule has 0 amide bonds. The molecule has 0 N–H and O–H groups in total. The number of benzene rings is 1. The first-order valence-electron chi connectivity index (χ1n) is 4.28. The quantitative estimate of drug-likeness (QED) is 0.691. The van der Waals surface area contributed by atoms with Crippen molar-refractivity contribution in [3.8, 4) is 5.75 Å². The van der Waals surface area contributed by atoms with E-state index in [0.29, 0.717) is 16.7 Å². The van der Waals surface area contributed by atoms with Crippen LogP contribution in [0.2, 0.25) is 0 Å². The average Bonchev–Trinajstić information content (AvgIpc) is 2.17. The average molecular weight is 190 g/mol. The third kappa shape index (κ3) is 1.27. The van der Waals surface area contributed by atoms with Crippen LogP contribution in [0, 0.1) is 6.92 Å². The van der Waals surface area contributed by atoms with Crippen molar-refractivity contribution in [3.63, 3.8) is 0 Å². The van der Waals surface area contributed by atoms with Gasteiger partial charge in [-0.05, 0) is 18.6 Å². The first kappa shape index (κ1) is 8.81. The highest BCUT2D eigenvalue weighted by Crippen LogP contribution is 2.21. The molecule has 0 unspecified atom stereocenters. The van der Waals surface area contributed by atoms with Gasteiger partial charge < -0.3 is 9.15 Å². The Morgan fingerprint density at radius 3 is 2.86 bits per heavy atom. The lowest BCUT2D eigenvalue weighted by atomic mass is 10.1. The fourth-order valence-corrected chi connectivity index (χ4v) is 1.50. The summed E-state index contributed by atoms with van der Waals surface area (Å²) in [5, 5.41) is 0.619. The zero-order chi connectivity index (χ0) is 10.1. The number of hydrogen-bond donors (Lipinski definition) is 0. The molecular weight excluding hydrogens is 180 g/mol. The summed E-state index contributed by atoms with van der Waals surface area (Å²) in [6.07, 6.45) is 1.39. The van der Waals surface area contributed by atoms with Crippen LogP contribution in [-0.4, -0.2) is 7.11 Å². The lowest BCUT2D eigenvalue weighted by Gasteiger charge is -2.03. The van der Waals surface area contributed by atoms with Gasteiger partial charge in [-0.3, -0.25) is 4.79 Å². The van der Waals surface area contributed by atoms with E-state index in [2.05, 4.69) is 0 Å². The standard InChI is InChI=1S/C11H10O3/c1-7-5-8(13-2)6-10-11(7)9(12)3-4-14-10/h3-6H,1-2H3. The van der Waals surface area contributed by atoms with Crippen LogP contribution in [0.1, 0.15) is 5.56 Å². The Labute approximate surface area is 80.9 Å². The van der Waals surface area contributed by atoms with Crippen LogP contribution in [-0.2, 0) is 0 Å². The van der Waals surface area contributed by atoms with Crippen LogP contribution >= 0.6 is 0 Å². The summed E-state index contributed by atoms with van der Waals surface area (Å²) in [4.78, 5) is 11.5. The van der Waals surface area contributed by atoms with Gasteiger partial charge in [0.1, 0.15) is 11.3 Å². The van der Waals surface area contributed by atoms with E-state index in [1.54, 1.807) is 13.2 Å². The van der Waals surface area contributed by atoms with E-state index in [0.717, 1.165) is 5.56 Å². The second-order valence-electron chi connectivity index (χ2n) is 3.10. The van der Waals surface area contributed by atoms with E-state index < -0.39 is 0 Å². The number of hydrogen-bond acceptors (Lipinski definition) is 3. The molecule has 0 fully saturated rings. The van der Waals surface area contributed by atoms with Crippen LogP contribution in [0.3, 0.4) is 0 Å². The maximum atomic E-state index is 11.5. The van der Waals surface area contributed by atoms with Gasteiger partial charge in [0.15, 0.2) is 5.43 Å². The monoisotopic (exact) mass is 190 g/mol. The zero-order valence-electron chi connectivity index (χ0n) is 8.03. The second-order valence-corrected chi connectivity index (χ2v) is 3.10. The van der Waals surface area contributed by atoms with E-state index in [1.807, 2.05) is 13.0 Å². The normalized spacial score (nSPS) is 10.4. The molecule has 1 aromatic carbocycles. The molecule has 14 heavy (non-hydrogen) atoms. The fraction of sp³-hybridized carbons (Fsp3) is 0.182. The van der Waals surface area contributed by atoms with Gasteiger partial charge in [-0.1, -0.05) is 0 Å². The molecule has 3 heteroatoms. The molecule has 1 heterocycles.